The van der Waals surface area contributed by atoms with Gasteiger partial charge in [0.2, 0.25) is 0 Å². The predicted octanol–water partition coefficient (Wildman–Crippen LogP) is 0.759. The number of hydrogen-bond donors (Lipinski definition) is 1. The first-order chi connectivity index (χ1) is 10.1. The summed E-state index contributed by atoms with van der Waals surface area (Å²) in [4.78, 5) is 18.7. The highest BCUT2D eigenvalue weighted by molar-refractivity contribution is 5.81. The van der Waals surface area contributed by atoms with Crippen LogP contribution in [0.3, 0.4) is 0 Å². The molecule has 2 N–H and O–H groups in total. The Bertz CT molecular complexity index is 516. The van der Waals surface area contributed by atoms with Crippen LogP contribution < -0.4 is 5.73 Å². The van der Waals surface area contributed by atoms with Gasteiger partial charge in [-0.3, -0.25) is 9.69 Å². The molecule has 1 aliphatic heterocycles. The van der Waals surface area contributed by atoms with Gasteiger partial charge in [0.1, 0.15) is 11.4 Å². The van der Waals surface area contributed by atoms with E-state index in [9.17, 15) is 4.79 Å². The van der Waals surface area contributed by atoms with Gasteiger partial charge in [0.05, 0.1) is 13.7 Å². The third-order valence-electron chi connectivity index (χ3n) is 5.05. The minimum absolute atomic E-state index is 0.228. The highest BCUT2D eigenvalue weighted by Crippen LogP contribution is 2.37. The summed E-state index contributed by atoms with van der Waals surface area (Å²) >= 11 is 0. The zero-order valence-corrected chi connectivity index (χ0v) is 12.6. The van der Waals surface area contributed by atoms with Crippen LogP contribution in [0, 0.1) is 5.92 Å². The van der Waals surface area contributed by atoms with Gasteiger partial charge in [0, 0.05) is 25.5 Å². The quantitative estimate of drug-likeness (QED) is 0.829. The van der Waals surface area contributed by atoms with Crippen molar-refractivity contribution in [3.8, 4) is 0 Å². The van der Waals surface area contributed by atoms with E-state index in [1.807, 2.05) is 12.4 Å². The number of ether oxygens (including phenoxy) is 1. The van der Waals surface area contributed by atoms with E-state index in [0.29, 0.717) is 0 Å². The molecule has 0 saturated heterocycles. The van der Waals surface area contributed by atoms with Crippen LogP contribution in [0.1, 0.15) is 31.5 Å². The minimum atomic E-state index is -0.775. The maximum atomic E-state index is 12.0. The standard InChI is InChI=1S/C15H24N4O2/c1-21-14(20)15(16)5-2-3-12(15)4-7-18-9-10-19-8-6-17-13(19)11-18/h6,8,12H,2-5,7,9-11,16H2,1H3. The number of nitrogens with zero attached hydrogens (tertiary/aromatic N) is 3. The molecule has 21 heavy (non-hydrogen) atoms. The first-order valence-corrected chi connectivity index (χ1v) is 7.73. The second-order valence-corrected chi connectivity index (χ2v) is 6.22. The Kier molecular flexibility index (Phi) is 3.99. The Labute approximate surface area is 125 Å². The summed E-state index contributed by atoms with van der Waals surface area (Å²) in [6.45, 7) is 3.87. The number of nitrogens with two attached hydrogens (primary N) is 1. The SMILES string of the molecule is COC(=O)C1(N)CCCC1CCN1CCn2ccnc2C1. The zero-order valence-electron chi connectivity index (χ0n) is 12.6. The molecule has 1 aromatic heterocycles. The summed E-state index contributed by atoms with van der Waals surface area (Å²) in [7, 11) is 1.43. The van der Waals surface area contributed by atoms with E-state index in [2.05, 4.69) is 14.5 Å². The molecular formula is C15H24N4O2. The van der Waals surface area contributed by atoms with E-state index < -0.39 is 5.54 Å². The lowest BCUT2D eigenvalue weighted by atomic mass is 9.85. The van der Waals surface area contributed by atoms with Gasteiger partial charge in [-0.05, 0) is 31.7 Å². The maximum Gasteiger partial charge on any atom is 0.326 e. The third-order valence-corrected chi connectivity index (χ3v) is 5.05. The number of carbonyl (C=O) groups is 1. The smallest absolute Gasteiger partial charge is 0.326 e. The van der Waals surface area contributed by atoms with Crippen molar-refractivity contribution in [3.05, 3.63) is 18.2 Å². The van der Waals surface area contributed by atoms with E-state index >= 15 is 0 Å². The van der Waals surface area contributed by atoms with Crippen LogP contribution in [0.5, 0.6) is 0 Å². The Morgan fingerprint density at radius 1 is 1.57 bits per heavy atom. The Hall–Kier alpha value is -1.40. The number of imidazole rings is 1. The molecule has 0 radical (unpaired) electrons. The molecule has 2 heterocycles. The zero-order chi connectivity index (χ0) is 14.9. The fourth-order valence-corrected chi connectivity index (χ4v) is 3.72. The van der Waals surface area contributed by atoms with E-state index in [4.69, 9.17) is 10.5 Å². The van der Waals surface area contributed by atoms with Crippen molar-refractivity contribution in [2.75, 3.05) is 20.2 Å². The topological polar surface area (TPSA) is 73.4 Å². The molecule has 0 spiro atoms. The van der Waals surface area contributed by atoms with Crippen molar-refractivity contribution < 1.29 is 9.53 Å². The van der Waals surface area contributed by atoms with Gasteiger partial charge in [-0.1, -0.05) is 6.42 Å². The lowest BCUT2D eigenvalue weighted by Crippen LogP contribution is -2.52. The highest BCUT2D eigenvalue weighted by Gasteiger charge is 2.46. The van der Waals surface area contributed by atoms with E-state index in [0.717, 1.165) is 57.7 Å². The second-order valence-electron chi connectivity index (χ2n) is 6.22. The summed E-state index contributed by atoms with van der Waals surface area (Å²) in [5, 5.41) is 0. The summed E-state index contributed by atoms with van der Waals surface area (Å²) in [5.41, 5.74) is 5.55. The summed E-state index contributed by atoms with van der Waals surface area (Å²) in [6, 6.07) is 0. The van der Waals surface area contributed by atoms with Gasteiger partial charge in [0.15, 0.2) is 0 Å². The molecule has 2 aliphatic rings. The second kappa shape index (κ2) is 5.77. The molecule has 1 aromatic rings. The van der Waals surface area contributed by atoms with Crippen LogP contribution in [0.15, 0.2) is 12.4 Å². The normalized spacial score (nSPS) is 29.3. The van der Waals surface area contributed by atoms with Crippen molar-refractivity contribution in [1.82, 2.24) is 14.5 Å². The highest BCUT2D eigenvalue weighted by atomic mass is 16.5. The number of esters is 1. The van der Waals surface area contributed by atoms with Crippen LogP contribution in [0.25, 0.3) is 0 Å². The van der Waals surface area contributed by atoms with Crippen molar-refractivity contribution in [2.45, 2.75) is 44.3 Å². The van der Waals surface area contributed by atoms with Crippen LogP contribution in [0.2, 0.25) is 0 Å². The molecular weight excluding hydrogens is 268 g/mol. The molecule has 0 amide bonds. The predicted molar refractivity (Wildman–Crippen MR) is 78.4 cm³/mol. The van der Waals surface area contributed by atoms with Crippen LogP contribution >= 0.6 is 0 Å². The summed E-state index contributed by atoms with van der Waals surface area (Å²) < 4.78 is 7.11. The minimum Gasteiger partial charge on any atom is -0.468 e. The molecule has 2 unspecified atom stereocenters. The van der Waals surface area contributed by atoms with E-state index in [1.165, 1.54) is 7.11 Å². The molecule has 6 heteroatoms. The van der Waals surface area contributed by atoms with Crippen molar-refractivity contribution in [2.24, 2.45) is 11.7 Å². The van der Waals surface area contributed by atoms with Gasteiger partial charge in [-0.2, -0.15) is 0 Å². The molecule has 2 atom stereocenters. The number of aromatic nitrogens is 2. The van der Waals surface area contributed by atoms with E-state index in [-0.39, 0.29) is 11.9 Å². The number of carbonyl (C=O) groups excluding carboxylic acids is 1. The lowest BCUT2D eigenvalue weighted by molar-refractivity contribution is -0.148. The molecule has 0 aromatic carbocycles. The first kappa shape index (κ1) is 14.5. The van der Waals surface area contributed by atoms with Gasteiger partial charge >= 0.3 is 5.97 Å². The van der Waals surface area contributed by atoms with Gasteiger partial charge in [0.25, 0.3) is 0 Å². The average molecular weight is 292 g/mol. The molecule has 1 aliphatic carbocycles. The average Bonchev–Trinajstić information content (AvgIpc) is 3.10. The monoisotopic (exact) mass is 292 g/mol. The van der Waals surface area contributed by atoms with Gasteiger partial charge in [-0.15, -0.1) is 0 Å². The van der Waals surface area contributed by atoms with Crippen molar-refractivity contribution in [1.29, 1.82) is 0 Å². The Balaban J connectivity index is 1.57. The fourth-order valence-electron chi connectivity index (χ4n) is 3.72. The molecule has 0 bridgehead atoms. The Morgan fingerprint density at radius 3 is 3.24 bits per heavy atom. The largest absolute Gasteiger partial charge is 0.468 e. The Morgan fingerprint density at radius 2 is 2.43 bits per heavy atom. The number of rotatable bonds is 4. The molecule has 3 rings (SSSR count). The third kappa shape index (κ3) is 2.70. The molecule has 116 valence electrons. The van der Waals surface area contributed by atoms with Crippen molar-refractivity contribution >= 4 is 5.97 Å². The number of hydrogen-bond acceptors (Lipinski definition) is 5. The van der Waals surface area contributed by atoms with Crippen LogP contribution in [-0.4, -0.2) is 46.2 Å². The first-order valence-electron chi connectivity index (χ1n) is 7.73. The summed E-state index contributed by atoms with van der Waals surface area (Å²) in [6.07, 6.45) is 7.62. The number of fused-ring (bicyclic) bond motifs is 1. The lowest BCUT2D eigenvalue weighted by Gasteiger charge is -2.32. The molecule has 1 fully saturated rings. The summed E-state index contributed by atoms with van der Waals surface area (Å²) in [5.74, 6) is 1.10. The van der Waals surface area contributed by atoms with Crippen LogP contribution in [0.4, 0.5) is 0 Å². The van der Waals surface area contributed by atoms with Gasteiger partial charge < -0.3 is 15.0 Å². The molecule has 1 saturated carbocycles. The number of methoxy groups -OCH3 is 1. The van der Waals surface area contributed by atoms with E-state index in [1.54, 1.807) is 0 Å². The van der Waals surface area contributed by atoms with Gasteiger partial charge in [-0.25, -0.2) is 4.98 Å². The van der Waals surface area contributed by atoms with Crippen molar-refractivity contribution in [3.63, 3.8) is 0 Å². The molecule has 6 nitrogen and oxygen atoms in total. The van der Waals surface area contributed by atoms with Crippen LogP contribution in [-0.2, 0) is 22.6 Å². The fraction of sp³-hybridized carbons (Fsp3) is 0.733. The maximum absolute atomic E-state index is 12.0.